The van der Waals surface area contributed by atoms with Crippen molar-refractivity contribution in [2.75, 3.05) is 12.9 Å². The first kappa shape index (κ1) is 14.7. The molecule has 5 nitrogen and oxygen atoms in total. The Morgan fingerprint density at radius 2 is 2.35 bits per heavy atom. The fourth-order valence-electron chi connectivity index (χ4n) is 1.78. The number of rotatable bonds is 6. The van der Waals surface area contributed by atoms with Crippen molar-refractivity contribution < 1.29 is 14.6 Å². The number of aliphatic carboxylic acids is 1. The Balaban J connectivity index is 2.47. The number of hydrogen-bond acceptors (Lipinski definition) is 4. The van der Waals surface area contributed by atoms with Gasteiger partial charge in [-0.25, -0.2) is 4.98 Å². The number of carboxylic acid groups (broad SMARTS) is 1. The molecular weight excluding hydrogens is 300 g/mol. The SMILES string of the molecule is C=C(Cl)Cn1c(SCC(=O)O)nc2cc(OC)ccc21. The van der Waals surface area contributed by atoms with Gasteiger partial charge in [-0.05, 0) is 12.1 Å². The van der Waals surface area contributed by atoms with Crippen LogP contribution in [-0.4, -0.2) is 33.5 Å². The molecule has 0 aliphatic heterocycles. The fourth-order valence-corrected chi connectivity index (χ4v) is 2.63. The Morgan fingerprint density at radius 3 is 2.95 bits per heavy atom. The second kappa shape index (κ2) is 6.19. The van der Waals surface area contributed by atoms with Crippen LogP contribution in [0, 0.1) is 0 Å². The van der Waals surface area contributed by atoms with E-state index in [0.717, 1.165) is 22.8 Å². The minimum atomic E-state index is -0.893. The van der Waals surface area contributed by atoms with Gasteiger partial charge in [-0.2, -0.15) is 0 Å². The van der Waals surface area contributed by atoms with Gasteiger partial charge in [0.05, 0.1) is 30.4 Å². The number of thioether (sulfide) groups is 1. The van der Waals surface area contributed by atoms with Crippen molar-refractivity contribution in [2.24, 2.45) is 0 Å². The minimum absolute atomic E-state index is 0.0603. The van der Waals surface area contributed by atoms with E-state index in [1.165, 1.54) is 0 Å². The van der Waals surface area contributed by atoms with Gasteiger partial charge in [-0.1, -0.05) is 29.9 Å². The molecule has 0 fully saturated rings. The molecule has 1 aromatic heterocycles. The number of benzene rings is 1. The van der Waals surface area contributed by atoms with Crippen LogP contribution in [0.25, 0.3) is 11.0 Å². The van der Waals surface area contributed by atoms with Gasteiger partial charge in [0, 0.05) is 11.1 Å². The molecule has 106 valence electrons. The lowest BCUT2D eigenvalue weighted by Crippen LogP contribution is -2.03. The Bertz CT molecular complexity index is 669. The van der Waals surface area contributed by atoms with Gasteiger partial charge in [0.1, 0.15) is 5.75 Å². The molecule has 20 heavy (non-hydrogen) atoms. The van der Waals surface area contributed by atoms with Crippen LogP contribution in [0.2, 0.25) is 0 Å². The fraction of sp³-hybridized carbons (Fsp3) is 0.231. The topological polar surface area (TPSA) is 64.4 Å². The molecule has 2 aromatic rings. The molecule has 0 aliphatic carbocycles. The lowest BCUT2D eigenvalue weighted by molar-refractivity contribution is -0.133. The molecule has 0 amide bonds. The van der Waals surface area contributed by atoms with Crippen LogP contribution < -0.4 is 4.74 Å². The number of carbonyl (C=O) groups is 1. The predicted molar refractivity (Wildman–Crippen MR) is 79.6 cm³/mol. The molecule has 2 rings (SSSR count). The maximum Gasteiger partial charge on any atom is 0.313 e. The number of nitrogens with zero attached hydrogens (tertiary/aromatic N) is 2. The number of imidazole rings is 1. The van der Waals surface area contributed by atoms with Gasteiger partial charge in [-0.15, -0.1) is 0 Å². The summed E-state index contributed by atoms with van der Waals surface area (Å²) in [4.78, 5) is 15.1. The molecule has 1 N–H and O–H groups in total. The van der Waals surface area contributed by atoms with E-state index in [0.29, 0.717) is 22.5 Å². The van der Waals surface area contributed by atoms with E-state index in [4.69, 9.17) is 21.4 Å². The normalized spacial score (nSPS) is 10.7. The zero-order valence-electron chi connectivity index (χ0n) is 10.8. The molecule has 1 aromatic carbocycles. The number of carboxylic acids is 1. The van der Waals surface area contributed by atoms with Gasteiger partial charge >= 0.3 is 5.97 Å². The Morgan fingerprint density at radius 1 is 1.60 bits per heavy atom. The summed E-state index contributed by atoms with van der Waals surface area (Å²) in [6, 6.07) is 5.49. The number of methoxy groups -OCH3 is 1. The van der Waals surface area contributed by atoms with E-state index in [-0.39, 0.29) is 5.75 Å². The van der Waals surface area contributed by atoms with Crippen LogP contribution >= 0.6 is 23.4 Å². The number of aromatic nitrogens is 2. The van der Waals surface area contributed by atoms with Crippen LogP contribution in [-0.2, 0) is 11.3 Å². The van der Waals surface area contributed by atoms with Crippen molar-refractivity contribution in [1.29, 1.82) is 0 Å². The first-order valence-corrected chi connectivity index (χ1v) is 7.09. The first-order valence-electron chi connectivity index (χ1n) is 5.73. The molecule has 0 saturated carbocycles. The molecule has 0 aliphatic rings. The van der Waals surface area contributed by atoms with E-state index in [1.54, 1.807) is 13.2 Å². The maximum absolute atomic E-state index is 10.7. The van der Waals surface area contributed by atoms with Crippen LogP contribution in [0.15, 0.2) is 35.0 Å². The summed E-state index contributed by atoms with van der Waals surface area (Å²) in [5, 5.41) is 9.83. The Hall–Kier alpha value is -1.66. The van der Waals surface area contributed by atoms with Gasteiger partial charge < -0.3 is 14.4 Å². The number of ether oxygens (including phenoxy) is 1. The lowest BCUT2D eigenvalue weighted by Gasteiger charge is -2.07. The molecule has 7 heteroatoms. The summed E-state index contributed by atoms with van der Waals surface area (Å²) < 4.78 is 7.00. The second-order valence-electron chi connectivity index (χ2n) is 4.03. The summed E-state index contributed by atoms with van der Waals surface area (Å²) >= 11 is 7.02. The van der Waals surface area contributed by atoms with Gasteiger partial charge in [0.15, 0.2) is 5.16 Å². The molecule has 0 atom stereocenters. The number of hydrogen-bond donors (Lipinski definition) is 1. The van der Waals surface area contributed by atoms with Gasteiger partial charge in [0.25, 0.3) is 0 Å². The van der Waals surface area contributed by atoms with Crippen LogP contribution in [0.5, 0.6) is 5.75 Å². The predicted octanol–water partition coefficient (Wildman–Crippen LogP) is 2.97. The lowest BCUT2D eigenvalue weighted by atomic mass is 10.3. The smallest absolute Gasteiger partial charge is 0.313 e. The highest BCUT2D eigenvalue weighted by molar-refractivity contribution is 7.99. The molecule has 0 bridgehead atoms. The van der Waals surface area contributed by atoms with Crippen LogP contribution in [0.1, 0.15) is 0 Å². The minimum Gasteiger partial charge on any atom is -0.497 e. The summed E-state index contributed by atoms with van der Waals surface area (Å²) in [5.74, 6) is -0.257. The highest BCUT2D eigenvalue weighted by Gasteiger charge is 2.13. The van der Waals surface area contributed by atoms with E-state index < -0.39 is 5.97 Å². The summed E-state index contributed by atoms with van der Waals surface area (Å²) in [6.45, 7) is 4.05. The van der Waals surface area contributed by atoms with Crippen molar-refractivity contribution in [3.63, 3.8) is 0 Å². The average molecular weight is 313 g/mol. The van der Waals surface area contributed by atoms with Crippen molar-refractivity contribution in [2.45, 2.75) is 11.7 Å². The van der Waals surface area contributed by atoms with E-state index in [2.05, 4.69) is 11.6 Å². The maximum atomic E-state index is 10.7. The standard InChI is InChI=1S/C13H13ClN2O3S/c1-8(14)6-16-11-4-3-9(19-2)5-10(11)15-13(16)20-7-12(17)18/h3-5H,1,6-7H2,2H3,(H,17,18). The number of fused-ring (bicyclic) bond motifs is 1. The van der Waals surface area contributed by atoms with Crippen molar-refractivity contribution in [3.8, 4) is 5.75 Å². The molecule has 0 saturated heterocycles. The summed E-state index contributed by atoms with van der Waals surface area (Å²) in [5.41, 5.74) is 1.59. The van der Waals surface area contributed by atoms with Gasteiger partial charge in [-0.3, -0.25) is 4.79 Å². The summed E-state index contributed by atoms with van der Waals surface area (Å²) in [7, 11) is 1.58. The molecule has 0 radical (unpaired) electrons. The number of halogens is 1. The Labute approximate surface area is 125 Å². The van der Waals surface area contributed by atoms with E-state index in [1.807, 2.05) is 16.7 Å². The molecule has 1 heterocycles. The third-order valence-corrected chi connectivity index (χ3v) is 3.66. The third-order valence-electron chi connectivity index (χ3n) is 2.57. The molecule has 0 unspecified atom stereocenters. The van der Waals surface area contributed by atoms with E-state index in [9.17, 15) is 4.79 Å². The monoisotopic (exact) mass is 312 g/mol. The third kappa shape index (κ3) is 3.26. The quantitative estimate of drug-likeness (QED) is 0.831. The first-order chi connectivity index (χ1) is 9.51. The van der Waals surface area contributed by atoms with Crippen molar-refractivity contribution in [3.05, 3.63) is 29.8 Å². The molecular formula is C13H13ClN2O3S. The zero-order chi connectivity index (χ0) is 14.7. The van der Waals surface area contributed by atoms with Crippen molar-refractivity contribution in [1.82, 2.24) is 9.55 Å². The van der Waals surface area contributed by atoms with E-state index >= 15 is 0 Å². The Kier molecular flexibility index (Phi) is 4.57. The highest BCUT2D eigenvalue weighted by atomic mass is 35.5. The van der Waals surface area contributed by atoms with Crippen LogP contribution in [0.3, 0.4) is 0 Å². The highest BCUT2D eigenvalue weighted by Crippen LogP contribution is 2.28. The van der Waals surface area contributed by atoms with Crippen LogP contribution in [0.4, 0.5) is 0 Å². The van der Waals surface area contributed by atoms with Crippen molar-refractivity contribution >= 4 is 40.4 Å². The largest absolute Gasteiger partial charge is 0.497 e. The number of allylic oxidation sites excluding steroid dienone is 1. The van der Waals surface area contributed by atoms with Gasteiger partial charge in [0.2, 0.25) is 0 Å². The zero-order valence-corrected chi connectivity index (χ0v) is 12.4. The second-order valence-corrected chi connectivity index (χ2v) is 5.51. The molecule has 0 spiro atoms. The summed E-state index contributed by atoms with van der Waals surface area (Å²) in [6.07, 6.45) is 0. The average Bonchev–Trinajstić information content (AvgIpc) is 2.73.